The molecule has 0 saturated carbocycles. The molecule has 1 aliphatic heterocycles. The highest BCUT2D eigenvalue weighted by molar-refractivity contribution is 5.82. The molecule has 0 aromatic carbocycles. The van der Waals surface area contributed by atoms with Crippen LogP contribution in [-0.4, -0.2) is 67.9 Å². The number of nitrogens with one attached hydrogen (secondary N) is 2. The van der Waals surface area contributed by atoms with Crippen molar-refractivity contribution in [2.24, 2.45) is 5.92 Å². The lowest BCUT2D eigenvalue weighted by molar-refractivity contribution is -0.139. The van der Waals surface area contributed by atoms with Crippen LogP contribution in [0.1, 0.15) is 19.8 Å². The van der Waals surface area contributed by atoms with Crippen LogP contribution in [0.3, 0.4) is 0 Å². The fraction of sp³-hybridized carbons (Fsp3) is 0.846. The molecule has 2 amide bonds. The third kappa shape index (κ3) is 5.75. The van der Waals surface area contributed by atoms with Crippen molar-refractivity contribution in [1.29, 1.82) is 0 Å². The molecular weight excluding hydrogens is 262 g/mol. The van der Waals surface area contributed by atoms with Gasteiger partial charge in [0.2, 0.25) is 0 Å². The van der Waals surface area contributed by atoms with E-state index >= 15 is 0 Å². The molecule has 2 atom stereocenters. The van der Waals surface area contributed by atoms with Crippen molar-refractivity contribution in [3.8, 4) is 0 Å². The second-order valence-corrected chi connectivity index (χ2v) is 5.07. The number of methoxy groups -OCH3 is 1. The smallest absolute Gasteiger partial charge is 0.326 e. The van der Waals surface area contributed by atoms with Crippen LogP contribution >= 0.6 is 0 Å². The van der Waals surface area contributed by atoms with Crippen molar-refractivity contribution < 1.29 is 19.4 Å². The lowest BCUT2D eigenvalue weighted by atomic mass is 10.1. The first-order chi connectivity index (χ1) is 9.56. The Morgan fingerprint density at radius 3 is 2.80 bits per heavy atom. The van der Waals surface area contributed by atoms with E-state index in [0.717, 1.165) is 26.1 Å². The molecule has 3 N–H and O–H groups in total. The van der Waals surface area contributed by atoms with E-state index in [4.69, 9.17) is 9.84 Å². The van der Waals surface area contributed by atoms with Crippen molar-refractivity contribution in [3.05, 3.63) is 0 Å². The molecule has 1 heterocycles. The molecule has 20 heavy (non-hydrogen) atoms. The second-order valence-electron chi connectivity index (χ2n) is 5.07. The highest BCUT2D eigenvalue weighted by Crippen LogP contribution is 2.14. The van der Waals surface area contributed by atoms with Crippen LogP contribution in [0.2, 0.25) is 0 Å². The van der Waals surface area contributed by atoms with E-state index in [-0.39, 0.29) is 6.42 Å². The SMILES string of the molecule is CCN1CCC(CNC(=O)NC(CCOC)C(=O)O)C1. The van der Waals surface area contributed by atoms with Crippen LogP contribution in [0.5, 0.6) is 0 Å². The molecule has 0 aliphatic carbocycles. The summed E-state index contributed by atoms with van der Waals surface area (Å²) in [7, 11) is 1.50. The Balaban J connectivity index is 2.26. The van der Waals surface area contributed by atoms with Crippen molar-refractivity contribution >= 4 is 12.0 Å². The highest BCUT2D eigenvalue weighted by Gasteiger charge is 2.23. The zero-order valence-electron chi connectivity index (χ0n) is 12.2. The summed E-state index contributed by atoms with van der Waals surface area (Å²) >= 11 is 0. The van der Waals surface area contributed by atoms with Crippen molar-refractivity contribution in [2.75, 3.05) is 39.9 Å². The molecule has 1 aliphatic rings. The average Bonchev–Trinajstić information content (AvgIpc) is 2.88. The number of hydrogen-bond acceptors (Lipinski definition) is 4. The molecule has 7 heteroatoms. The van der Waals surface area contributed by atoms with Gasteiger partial charge in [-0.2, -0.15) is 0 Å². The van der Waals surface area contributed by atoms with Gasteiger partial charge >= 0.3 is 12.0 Å². The summed E-state index contributed by atoms with van der Waals surface area (Å²) in [6.07, 6.45) is 1.33. The van der Waals surface area contributed by atoms with Crippen LogP contribution < -0.4 is 10.6 Å². The molecule has 0 bridgehead atoms. The fourth-order valence-corrected chi connectivity index (χ4v) is 2.31. The van der Waals surface area contributed by atoms with Crippen molar-refractivity contribution in [2.45, 2.75) is 25.8 Å². The monoisotopic (exact) mass is 287 g/mol. The summed E-state index contributed by atoms with van der Waals surface area (Å²) in [5, 5.41) is 14.2. The maximum Gasteiger partial charge on any atom is 0.326 e. The molecule has 0 aromatic rings. The number of carbonyl (C=O) groups excluding carboxylic acids is 1. The van der Waals surface area contributed by atoms with Gasteiger partial charge < -0.3 is 25.4 Å². The fourth-order valence-electron chi connectivity index (χ4n) is 2.31. The van der Waals surface area contributed by atoms with Gasteiger partial charge in [0, 0.05) is 33.2 Å². The van der Waals surface area contributed by atoms with E-state index in [9.17, 15) is 9.59 Å². The van der Waals surface area contributed by atoms with Gasteiger partial charge in [-0.25, -0.2) is 9.59 Å². The Bertz CT molecular complexity index is 325. The minimum Gasteiger partial charge on any atom is -0.480 e. The number of rotatable bonds is 8. The van der Waals surface area contributed by atoms with Crippen LogP contribution in [0.25, 0.3) is 0 Å². The zero-order chi connectivity index (χ0) is 15.0. The maximum absolute atomic E-state index is 11.7. The molecule has 1 rings (SSSR count). The van der Waals surface area contributed by atoms with Crippen LogP contribution in [0.4, 0.5) is 4.79 Å². The molecule has 0 radical (unpaired) electrons. The summed E-state index contributed by atoms with van der Waals surface area (Å²) in [5.41, 5.74) is 0. The second kappa shape index (κ2) is 8.76. The molecule has 7 nitrogen and oxygen atoms in total. The van der Waals surface area contributed by atoms with Crippen LogP contribution in [0, 0.1) is 5.92 Å². The molecule has 1 fully saturated rings. The van der Waals surface area contributed by atoms with E-state index in [1.807, 2.05) is 0 Å². The number of carboxylic acids is 1. The molecule has 2 unspecified atom stereocenters. The molecule has 116 valence electrons. The average molecular weight is 287 g/mol. The minimum absolute atomic E-state index is 0.256. The van der Waals surface area contributed by atoms with E-state index in [2.05, 4.69) is 22.5 Å². The summed E-state index contributed by atoms with van der Waals surface area (Å²) in [4.78, 5) is 25.0. The number of aliphatic carboxylic acids is 1. The third-order valence-corrected chi connectivity index (χ3v) is 3.58. The van der Waals surface area contributed by atoms with E-state index in [0.29, 0.717) is 19.1 Å². The lowest BCUT2D eigenvalue weighted by Crippen LogP contribution is -2.47. The Morgan fingerprint density at radius 1 is 1.50 bits per heavy atom. The number of ether oxygens (including phenoxy) is 1. The topological polar surface area (TPSA) is 90.9 Å². The van der Waals surface area contributed by atoms with Crippen molar-refractivity contribution in [1.82, 2.24) is 15.5 Å². The summed E-state index contributed by atoms with van der Waals surface area (Å²) in [6.45, 7) is 6.08. The quantitative estimate of drug-likeness (QED) is 0.590. The van der Waals surface area contributed by atoms with Gasteiger partial charge in [0.1, 0.15) is 6.04 Å². The van der Waals surface area contributed by atoms with Crippen molar-refractivity contribution in [3.63, 3.8) is 0 Å². The van der Waals surface area contributed by atoms with E-state index in [1.54, 1.807) is 0 Å². The van der Waals surface area contributed by atoms with Gasteiger partial charge in [0.05, 0.1) is 0 Å². The van der Waals surface area contributed by atoms with Gasteiger partial charge in [0.25, 0.3) is 0 Å². The number of nitrogens with zero attached hydrogens (tertiary/aromatic N) is 1. The number of amides is 2. The number of hydrogen-bond donors (Lipinski definition) is 3. The predicted octanol–water partition coefficient (Wildman–Crippen LogP) is 0.117. The van der Waals surface area contributed by atoms with Crippen LogP contribution in [-0.2, 0) is 9.53 Å². The van der Waals surface area contributed by atoms with E-state index < -0.39 is 18.0 Å². The third-order valence-electron chi connectivity index (χ3n) is 3.58. The Labute approximate surface area is 119 Å². The Kier molecular flexibility index (Phi) is 7.32. The van der Waals surface area contributed by atoms with Gasteiger partial charge in [-0.1, -0.05) is 6.92 Å². The standard InChI is InChI=1S/C13H25N3O4/c1-3-16-6-4-10(9-16)8-14-13(19)15-11(12(17)18)5-7-20-2/h10-11H,3-9H2,1-2H3,(H,17,18)(H2,14,15,19). The molecular formula is C13H25N3O4. The van der Waals surface area contributed by atoms with Gasteiger partial charge in [-0.3, -0.25) is 0 Å². The predicted molar refractivity (Wildman–Crippen MR) is 74.7 cm³/mol. The van der Waals surface area contributed by atoms with Crippen LogP contribution in [0.15, 0.2) is 0 Å². The summed E-state index contributed by atoms with van der Waals surface area (Å²) in [6, 6.07) is -1.34. The van der Waals surface area contributed by atoms with Gasteiger partial charge in [-0.15, -0.1) is 0 Å². The first kappa shape index (κ1) is 16.7. The largest absolute Gasteiger partial charge is 0.480 e. The minimum atomic E-state index is -1.05. The molecule has 0 aromatic heterocycles. The summed E-state index contributed by atoms with van der Waals surface area (Å²) < 4.78 is 4.83. The molecule has 0 spiro atoms. The zero-order valence-corrected chi connectivity index (χ0v) is 12.2. The van der Waals surface area contributed by atoms with E-state index in [1.165, 1.54) is 7.11 Å². The first-order valence-electron chi connectivity index (χ1n) is 7.05. The number of carbonyl (C=O) groups is 2. The highest BCUT2D eigenvalue weighted by atomic mass is 16.5. The first-order valence-corrected chi connectivity index (χ1v) is 7.05. The van der Waals surface area contributed by atoms with Gasteiger partial charge in [-0.05, 0) is 25.4 Å². The number of likely N-dealkylation sites (tertiary alicyclic amines) is 1. The normalized spacial score (nSPS) is 20.6. The Hall–Kier alpha value is -1.34. The lowest BCUT2D eigenvalue weighted by Gasteiger charge is -2.17. The van der Waals surface area contributed by atoms with Gasteiger partial charge in [0.15, 0.2) is 0 Å². The molecule has 1 saturated heterocycles. The number of urea groups is 1. The Morgan fingerprint density at radius 2 is 2.25 bits per heavy atom. The number of carboxylic acid groups (broad SMARTS) is 1. The maximum atomic E-state index is 11.7. The summed E-state index contributed by atoms with van der Waals surface area (Å²) in [5.74, 6) is -0.599.